The standard InChI is InChI=1S/C8H9BrN2OS/c9-7-6-10-3-2-8(7)11-13(12)4-1-5-13/h2-3,6H,1,4-5H2. The molecular weight excluding hydrogens is 252 g/mol. The van der Waals surface area contributed by atoms with Crippen molar-refractivity contribution in [3.05, 3.63) is 22.9 Å². The van der Waals surface area contributed by atoms with Crippen molar-refractivity contribution in [2.24, 2.45) is 4.36 Å². The van der Waals surface area contributed by atoms with Crippen molar-refractivity contribution >= 4 is 31.3 Å². The maximum absolute atomic E-state index is 11.8. The zero-order valence-electron chi connectivity index (χ0n) is 6.94. The van der Waals surface area contributed by atoms with Crippen LogP contribution < -0.4 is 0 Å². The summed E-state index contributed by atoms with van der Waals surface area (Å²) >= 11 is 3.32. The molecule has 0 amide bonds. The van der Waals surface area contributed by atoms with Gasteiger partial charge in [0.1, 0.15) is 0 Å². The molecule has 0 aliphatic carbocycles. The number of nitrogens with zero attached hydrogens (tertiary/aromatic N) is 2. The van der Waals surface area contributed by atoms with Crippen molar-refractivity contribution in [2.75, 3.05) is 11.5 Å². The Morgan fingerprint density at radius 1 is 1.54 bits per heavy atom. The zero-order chi connectivity index (χ0) is 9.31. The van der Waals surface area contributed by atoms with Gasteiger partial charge in [-0.3, -0.25) is 4.98 Å². The second-order valence-corrected chi connectivity index (χ2v) is 6.35. The molecule has 13 heavy (non-hydrogen) atoms. The third-order valence-corrected chi connectivity index (χ3v) is 4.94. The van der Waals surface area contributed by atoms with Gasteiger partial charge in [0.25, 0.3) is 0 Å². The van der Waals surface area contributed by atoms with Crippen LogP contribution in [0.4, 0.5) is 5.69 Å². The Kier molecular flexibility index (Phi) is 2.38. The van der Waals surface area contributed by atoms with Crippen LogP contribution in [0.5, 0.6) is 0 Å². The van der Waals surface area contributed by atoms with E-state index in [4.69, 9.17) is 0 Å². The minimum absolute atomic E-state index is 0.738. The third-order valence-electron chi connectivity index (χ3n) is 1.94. The predicted molar refractivity (Wildman–Crippen MR) is 56.5 cm³/mol. The minimum atomic E-state index is -1.90. The fourth-order valence-electron chi connectivity index (χ4n) is 1.10. The van der Waals surface area contributed by atoms with E-state index < -0.39 is 9.73 Å². The summed E-state index contributed by atoms with van der Waals surface area (Å²) in [6.07, 6.45) is 4.36. The summed E-state index contributed by atoms with van der Waals surface area (Å²) in [6, 6.07) is 1.77. The Balaban J connectivity index is 2.43. The molecule has 0 saturated carbocycles. The largest absolute Gasteiger partial charge is 0.263 e. The van der Waals surface area contributed by atoms with Gasteiger partial charge in [-0.05, 0) is 28.4 Å². The second kappa shape index (κ2) is 3.38. The van der Waals surface area contributed by atoms with Crippen LogP contribution in [0.15, 0.2) is 27.3 Å². The van der Waals surface area contributed by atoms with Gasteiger partial charge in [-0.2, -0.15) is 4.36 Å². The SMILES string of the molecule is O=S1(=Nc2ccncc2Br)CCC1. The van der Waals surface area contributed by atoms with Gasteiger partial charge in [0.15, 0.2) is 0 Å². The first-order valence-electron chi connectivity index (χ1n) is 4.02. The first kappa shape index (κ1) is 9.15. The molecule has 1 aliphatic rings. The van der Waals surface area contributed by atoms with Gasteiger partial charge in [0, 0.05) is 23.9 Å². The zero-order valence-corrected chi connectivity index (χ0v) is 9.34. The summed E-state index contributed by atoms with van der Waals surface area (Å²) in [6.45, 7) is 0. The molecule has 0 unspecified atom stereocenters. The van der Waals surface area contributed by atoms with Crippen LogP contribution in [0, 0.1) is 0 Å². The normalized spacial score (nSPS) is 19.2. The molecular formula is C8H9BrN2OS. The van der Waals surface area contributed by atoms with E-state index in [2.05, 4.69) is 25.3 Å². The lowest BCUT2D eigenvalue weighted by Gasteiger charge is -2.17. The van der Waals surface area contributed by atoms with Gasteiger partial charge in [0.05, 0.1) is 19.9 Å². The molecule has 0 spiro atoms. The van der Waals surface area contributed by atoms with Crippen molar-refractivity contribution < 1.29 is 4.21 Å². The molecule has 70 valence electrons. The van der Waals surface area contributed by atoms with Gasteiger partial charge in [0.2, 0.25) is 0 Å². The molecule has 1 fully saturated rings. The van der Waals surface area contributed by atoms with Gasteiger partial charge in [-0.25, -0.2) is 4.21 Å². The topological polar surface area (TPSA) is 42.3 Å². The Morgan fingerprint density at radius 3 is 2.85 bits per heavy atom. The molecule has 1 aliphatic heterocycles. The Bertz CT molecular complexity index is 428. The molecule has 5 heteroatoms. The van der Waals surface area contributed by atoms with E-state index >= 15 is 0 Å². The van der Waals surface area contributed by atoms with Gasteiger partial charge < -0.3 is 0 Å². The van der Waals surface area contributed by atoms with E-state index in [1.165, 1.54) is 0 Å². The summed E-state index contributed by atoms with van der Waals surface area (Å²) < 4.78 is 16.8. The highest BCUT2D eigenvalue weighted by atomic mass is 79.9. The summed E-state index contributed by atoms with van der Waals surface area (Å²) in [7, 11) is -1.90. The number of hydrogen-bond donors (Lipinski definition) is 0. The summed E-state index contributed by atoms with van der Waals surface area (Å²) in [5, 5.41) is 0. The van der Waals surface area contributed by atoms with Crippen LogP contribution in [0.25, 0.3) is 0 Å². The number of halogens is 1. The van der Waals surface area contributed by atoms with Crippen molar-refractivity contribution in [2.45, 2.75) is 6.42 Å². The Labute approximate surface area is 85.9 Å². The number of pyridine rings is 1. The van der Waals surface area contributed by atoms with E-state index in [0.29, 0.717) is 0 Å². The highest BCUT2D eigenvalue weighted by Gasteiger charge is 2.19. The fourth-order valence-corrected chi connectivity index (χ4v) is 3.04. The van der Waals surface area contributed by atoms with Crippen LogP contribution >= 0.6 is 15.9 Å². The summed E-state index contributed by atoms with van der Waals surface area (Å²) in [5.41, 5.74) is 0.750. The molecule has 0 N–H and O–H groups in total. The summed E-state index contributed by atoms with van der Waals surface area (Å²) in [4.78, 5) is 3.92. The number of aromatic nitrogens is 1. The minimum Gasteiger partial charge on any atom is -0.263 e. The summed E-state index contributed by atoms with van der Waals surface area (Å²) in [5.74, 6) is 1.48. The Morgan fingerprint density at radius 2 is 2.31 bits per heavy atom. The molecule has 0 atom stereocenters. The highest BCUT2D eigenvalue weighted by Crippen LogP contribution is 2.27. The second-order valence-electron chi connectivity index (χ2n) is 2.95. The van der Waals surface area contributed by atoms with Crippen LogP contribution in [0.1, 0.15) is 6.42 Å². The van der Waals surface area contributed by atoms with E-state index in [0.717, 1.165) is 28.1 Å². The van der Waals surface area contributed by atoms with Gasteiger partial charge in [-0.15, -0.1) is 0 Å². The molecule has 2 rings (SSSR count). The molecule has 1 aromatic rings. The lowest BCUT2D eigenvalue weighted by Crippen LogP contribution is -2.22. The van der Waals surface area contributed by atoms with Crippen molar-refractivity contribution in [1.82, 2.24) is 4.98 Å². The maximum atomic E-state index is 11.8. The van der Waals surface area contributed by atoms with Crippen LogP contribution in [0.2, 0.25) is 0 Å². The molecule has 2 heterocycles. The van der Waals surface area contributed by atoms with E-state index in [9.17, 15) is 4.21 Å². The van der Waals surface area contributed by atoms with Crippen molar-refractivity contribution in [3.63, 3.8) is 0 Å². The predicted octanol–water partition coefficient (Wildman–Crippen LogP) is 2.35. The lowest BCUT2D eigenvalue weighted by molar-refractivity contribution is 0.663. The number of hydrogen-bond acceptors (Lipinski definition) is 3. The highest BCUT2D eigenvalue weighted by molar-refractivity contribution is 9.10. The first-order chi connectivity index (χ1) is 6.20. The third kappa shape index (κ3) is 1.91. The quantitative estimate of drug-likeness (QED) is 0.778. The average molecular weight is 261 g/mol. The molecule has 0 aromatic carbocycles. The van der Waals surface area contributed by atoms with Gasteiger partial charge >= 0.3 is 0 Å². The molecule has 0 bridgehead atoms. The van der Waals surface area contributed by atoms with E-state index in [-0.39, 0.29) is 0 Å². The fraction of sp³-hybridized carbons (Fsp3) is 0.375. The van der Waals surface area contributed by atoms with Crippen LogP contribution in [0.3, 0.4) is 0 Å². The first-order valence-corrected chi connectivity index (χ1v) is 6.66. The van der Waals surface area contributed by atoms with Crippen LogP contribution in [-0.2, 0) is 9.73 Å². The molecule has 0 radical (unpaired) electrons. The lowest BCUT2D eigenvalue weighted by atomic mass is 10.4. The molecule has 3 nitrogen and oxygen atoms in total. The van der Waals surface area contributed by atoms with Crippen molar-refractivity contribution in [3.8, 4) is 0 Å². The van der Waals surface area contributed by atoms with E-state index in [1.807, 2.05) is 0 Å². The van der Waals surface area contributed by atoms with Crippen molar-refractivity contribution in [1.29, 1.82) is 0 Å². The van der Waals surface area contributed by atoms with E-state index in [1.54, 1.807) is 18.5 Å². The molecule has 1 saturated heterocycles. The molecule has 1 aromatic heterocycles. The van der Waals surface area contributed by atoms with Crippen LogP contribution in [-0.4, -0.2) is 20.7 Å². The Hall–Kier alpha value is -0.420. The average Bonchev–Trinajstić information content (AvgIpc) is 2.06. The monoisotopic (exact) mass is 260 g/mol. The smallest absolute Gasteiger partial charge is 0.0903 e. The van der Waals surface area contributed by atoms with Gasteiger partial charge in [-0.1, -0.05) is 0 Å². The number of rotatable bonds is 1. The maximum Gasteiger partial charge on any atom is 0.0903 e.